The van der Waals surface area contributed by atoms with Crippen LogP contribution in [-0.4, -0.2) is 41.5 Å². The summed E-state index contributed by atoms with van der Waals surface area (Å²) in [5.41, 5.74) is 8.64. The molecule has 0 radical (unpaired) electrons. The highest BCUT2D eigenvalue weighted by molar-refractivity contribution is 6.13. The Labute approximate surface area is 146 Å². The van der Waals surface area contributed by atoms with Gasteiger partial charge in [0, 0.05) is 54.6 Å². The van der Waals surface area contributed by atoms with Crippen LogP contribution in [0.3, 0.4) is 0 Å². The molecule has 0 spiro atoms. The minimum Gasteiger partial charge on any atom is -0.398 e. The third-order valence-electron chi connectivity index (χ3n) is 3.58. The molecule has 0 bridgehead atoms. The summed E-state index contributed by atoms with van der Waals surface area (Å²) < 4.78 is 5.06. The number of nitrogens with one attached hydrogen (secondary N) is 3. The van der Waals surface area contributed by atoms with Crippen molar-refractivity contribution in [2.75, 3.05) is 24.7 Å². The van der Waals surface area contributed by atoms with Crippen molar-refractivity contribution in [3.8, 4) is 0 Å². The van der Waals surface area contributed by atoms with E-state index in [1.165, 1.54) is 12.3 Å². The number of methoxy groups -OCH3 is 1. The summed E-state index contributed by atoms with van der Waals surface area (Å²) in [6, 6.07) is 4.67. The highest BCUT2D eigenvalue weighted by Crippen LogP contribution is 2.19. The lowest BCUT2D eigenvalue weighted by atomic mass is 10.0. The van der Waals surface area contributed by atoms with Crippen LogP contribution in [0.1, 0.15) is 23.7 Å². The molecule has 0 aliphatic carbocycles. The van der Waals surface area contributed by atoms with Gasteiger partial charge < -0.3 is 15.8 Å². The molecule has 0 saturated carbocycles. The first-order chi connectivity index (χ1) is 11.9. The lowest BCUT2D eigenvalue weighted by molar-refractivity contribution is 0.119. The molecular weight excluding hydrogens is 320 g/mol. The second-order valence-electron chi connectivity index (χ2n) is 5.60. The molecule has 2 rings (SSSR count). The molecule has 2 aromatic rings. The standard InChI is InChI=1S/C17H22N6O2/c1-10-6-12(4-5-20-10)16(19)13-9-21-15(7-14(13)18)23-17(24)22-8-11(2)25-3/h4-7,9,11,19H,8H2,1-3H3,(H4,18,21,22,23,24). The Morgan fingerprint density at radius 3 is 2.80 bits per heavy atom. The predicted octanol–water partition coefficient (Wildman–Crippen LogP) is 1.94. The lowest BCUT2D eigenvalue weighted by Gasteiger charge is -2.13. The molecular formula is C17H22N6O2. The summed E-state index contributed by atoms with van der Waals surface area (Å²) >= 11 is 0. The van der Waals surface area contributed by atoms with Crippen LogP contribution in [0.15, 0.2) is 30.6 Å². The van der Waals surface area contributed by atoms with E-state index in [2.05, 4.69) is 20.6 Å². The summed E-state index contributed by atoms with van der Waals surface area (Å²) in [6.45, 7) is 4.08. The SMILES string of the molecule is COC(C)CNC(=O)Nc1cc(N)c(C(=N)c2ccnc(C)c2)cn1. The molecule has 0 fully saturated rings. The Morgan fingerprint density at radius 2 is 2.16 bits per heavy atom. The van der Waals surface area contributed by atoms with Crippen LogP contribution in [0.4, 0.5) is 16.3 Å². The fraction of sp³-hybridized carbons (Fsp3) is 0.294. The van der Waals surface area contributed by atoms with Gasteiger partial charge in [-0.25, -0.2) is 9.78 Å². The fourth-order valence-corrected chi connectivity index (χ4v) is 2.09. The van der Waals surface area contributed by atoms with E-state index >= 15 is 0 Å². The van der Waals surface area contributed by atoms with E-state index in [0.717, 1.165) is 5.69 Å². The Kier molecular flexibility index (Phi) is 6.02. The number of anilines is 2. The minimum absolute atomic E-state index is 0.0875. The molecule has 0 aliphatic rings. The van der Waals surface area contributed by atoms with E-state index in [1.54, 1.807) is 25.4 Å². The quantitative estimate of drug-likeness (QED) is 0.597. The molecule has 1 atom stereocenters. The zero-order chi connectivity index (χ0) is 18.4. The lowest BCUT2D eigenvalue weighted by Crippen LogP contribution is -2.35. The van der Waals surface area contributed by atoms with Crippen molar-refractivity contribution in [1.29, 1.82) is 5.41 Å². The molecule has 2 heterocycles. The largest absolute Gasteiger partial charge is 0.398 e. The number of aromatic nitrogens is 2. The van der Waals surface area contributed by atoms with Crippen LogP contribution in [0.5, 0.6) is 0 Å². The van der Waals surface area contributed by atoms with Gasteiger partial charge in [-0.05, 0) is 26.0 Å². The Balaban J connectivity index is 2.07. The first-order valence-corrected chi connectivity index (χ1v) is 7.75. The molecule has 0 aliphatic heterocycles. The second kappa shape index (κ2) is 8.20. The number of aryl methyl sites for hydroxylation is 1. The molecule has 5 N–H and O–H groups in total. The van der Waals surface area contributed by atoms with Crippen molar-refractivity contribution < 1.29 is 9.53 Å². The first kappa shape index (κ1) is 18.3. The van der Waals surface area contributed by atoms with Gasteiger partial charge in [0.1, 0.15) is 5.82 Å². The van der Waals surface area contributed by atoms with E-state index in [4.69, 9.17) is 15.9 Å². The Hall–Kier alpha value is -3.00. The number of rotatable bonds is 6. The number of nitrogens with two attached hydrogens (primary N) is 1. The summed E-state index contributed by atoms with van der Waals surface area (Å²) in [5.74, 6) is 0.308. The molecule has 132 valence electrons. The molecule has 0 aromatic carbocycles. The van der Waals surface area contributed by atoms with Gasteiger partial charge in [-0.3, -0.25) is 15.7 Å². The highest BCUT2D eigenvalue weighted by atomic mass is 16.5. The zero-order valence-corrected chi connectivity index (χ0v) is 14.5. The molecule has 2 aromatic heterocycles. The summed E-state index contributed by atoms with van der Waals surface area (Å²) in [4.78, 5) is 20.1. The van der Waals surface area contributed by atoms with Crippen LogP contribution in [0.2, 0.25) is 0 Å². The fourth-order valence-electron chi connectivity index (χ4n) is 2.09. The van der Waals surface area contributed by atoms with Crippen molar-refractivity contribution in [1.82, 2.24) is 15.3 Å². The van der Waals surface area contributed by atoms with Crippen LogP contribution in [0.25, 0.3) is 0 Å². The van der Waals surface area contributed by atoms with Crippen LogP contribution >= 0.6 is 0 Å². The number of urea groups is 1. The van der Waals surface area contributed by atoms with E-state index in [9.17, 15) is 4.79 Å². The number of nitrogen functional groups attached to an aromatic ring is 1. The Morgan fingerprint density at radius 1 is 1.40 bits per heavy atom. The molecule has 2 amide bonds. The maximum atomic E-state index is 11.8. The normalized spacial score (nSPS) is 11.6. The van der Waals surface area contributed by atoms with Crippen molar-refractivity contribution in [3.05, 3.63) is 47.4 Å². The van der Waals surface area contributed by atoms with Crippen LogP contribution in [0, 0.1) is 12.3 Å². The Bertz CT molecular complexity index is 777. The van der Waals surface area contributed by atoms with Gasteiger partial charge in [0.15, 0.2) is 0 Å². The van der Waals surface area contributed by atoms with Gasteiger partial charge in [-0.1, -0.05) is 0 Å². The monoisotopic (exact) mass is 342 g/mol. The average molecular weight is 342 g/mol. The maximum absolute atomic E-state index is 11.8. The topological polar surface area (TPSA) is 126 Å². The average Bonchev–Trinajstić information content (AvgIpc) is 2.59. The number of carbonyl (C=O) groups is 1. The number of pyridine rings is 2. The molecule has 25 heavy (non-hydrogen) atoms. The number of amides is 2. The van der Waals surface area contributed by atoms with E-state index in [1.807, 2.05) is 13.8 Å². The molecule has 1 unspecified atom stereocenters. The van der Waals surface area contributed by atoms with Gasteiger partial charge >= 0.3 is 6.03 Å². The number of hydrogen-bond acceptors (Lipinski definition) is 6. The van der Waals surface area contributed by atoms with Gasteiger partial charge in [0.05, 0.1) is 11.8 Å². The smallest absolute Gasteiger partial charge is 0.320 e. The number of hydrogen-bond donors (Lipinski definition) is 4. The summed E-state index contributed by atoms with van der Waals surface area (Å²) in [5, 5.41) is 13.6. The number of carbonyl (C=O) groups excluding carboxylic acids is 1. The van der Waals surface area contributed by atoms with E-state index in [-0.39, 0.29) is 11.8 Å². The molecule has 8 nitrogen and oxygen atoms in total. The van der Waals surface area contributed by atoms with Crippen LogP contribution < -0.4 is 16.4 Å². The van der Waals surface area contributed by atoms with Crippen molar-refractivity contribution in [2.24, 2.45) is 0 Å². The third kappa shape index (κ3) is 4.98. The van der Waals surface area contributed by atoms with E-state index in [0.29, 0.717) is 29.2 Å². The maximum Gasteiger partial charge on any atom is 0.320 e. The van der Waals surface area contributed by atoms with Gasteiger partial charge in [-0.15, -0.1) is 0 Å². The number of nitrogens with zero attached hydrogens (tertiary/aromatic N) is 2. The number of ether oxygens (including phenoxy) is 1. The van der Waals surface area contributed by atoms with E-state index < -0.39 is 6.03 Å². The summed E-state index contributed by atoms with van der Waals surface area (Å²) in [7, 11) is 1.57. The molecule has 8 heteroatoms. The second-order valence-corrected chi connectivity index (χ2v) is 5.60. The summed E-state index contributed by atoms with van der Waals surface area (Å²) in [6.07, 6.45) is 3.03. The molecule has 0 saturated heterocycles. The predicted molar refractivity (Wildman–Crippen MR) is 97.0 cm³/mol. The van der Waals surface area contributed by atoms with Crippen LogP contribution in [-0.2, 0) is 4.74 Å². The van der Waals surface area contributed by atoms with Crippen molar-refractivity contribution in [3.63, 3.8) is 0 Å². The van der Waals surface area contributed by atoms with Gasteiger partial charge in [0.25, 0.3) is 0 Å². The van der Waals surface area contributed by atoms with Gasteiger partial charge in [-0.2, -0.15) is 0 Å². The third-order valence-corrected chi connectivity index (χ3v) is 3.58. The minimum atomic E-state index is -0.400. The van der Waals surface area contributed by atoms with Crippen molar-refractivity contribution >= 4 is 23.2 Å². The zero-order valence-electron chi connectivity index (χ0n) is 14.5. The van der Waals surface area contributed by atoms with Gasteiger partial charge in [0.2, 0.25) is 0 Å². The first-order valence-electron chi connectivity index (χ1n) is 7.75. The van der Waals surface area contributed by atoms with Crippen molar-refractivity contribution in [2.45, 2.75) is 20.0 Å². The highest BCUT2D eigenvalue weighted by Gasteiger charge is 2.12.